The summed E-state index contributed by atoms with van der Waals surface area (Å²) in [4.78, 5) is 17.1. The van der Waals surface area contributed by atoms with Gasteiger partial charge < -0.3 is 9.80 Å². The Kier molecular flexibility index (Phi) is 4.00. The summed E-state index contributed by atoms with van der Waals surface area (Å²) >= 11 is 1.68. The number of hydrogen-bond acceptors (Lipinski definition) is 5. The van der Waals surface area contributed by atoms with Gasteiger partial charge in [-0.2, -0.15) is 0 Å². The second kappa shape index (κ2) is 6.16. The summed E-state index contributed by atoms with van der Waals surface area (Å²) in [6, 6.07) is 10.8. The number of aryl methyl sites for hydroxylation is 1. The lowest BCUT2D eigenvalue weighted by molar-refractivity contribution is 0.0693. The van der Waals surface area contributed by atoms with Crippen LogP contribution in [0.4, 0.5) is 5.13 Å². The van der Waals surface area contributed by atoms with Crippen LogP contribution in [0.2, 0.25) is 0 Å². The molecule has 5 nitrogen and oxygen atoms in total. The molecule has 2 atom stereocenters. The Bertz CT molecular complexity index is 718. The molecule has 1 amide bonds. The number of amides is 1. The van der Waals surface area contributed by atoms with Crippen LogP contribution < -0.4 is 4.90 Å². The van der Waals surface area contributed by atoms with Crippen LogP contribution in [0.3, 0.4) is 0 Å². The monoisotopic (exact) mass is 342 g/mol. The lowest BCUT2D eigenvalue weighted by atomic mass is 9.96. The third-order valence-corrected chi connectivity index (χ3v) is 6.19. The first-order valence-corrected chi connectivity index (χ1v) is 9.36. The molecule has 2 saturated heterocycles. The van der Waals surface area contributed by atoms with Crippen molar-refractivity contribution < 1.29 is 4.79 Å². The molecule has 0 spiro atoms. The smallest absolute Gasteiger partial charge is 0.253 e. The van der Waals surface area contributed by atoms with E-state index in [9.17, 15) is 4.79 Å². The number of piperidine rings is 1. The van der Waals surface area contributed by atoms with E-state index in [0.717, 1.165) is 28.5 Å². The fourth-order valence-electron chi connectivity index (χ4n) is 4.12. The fraction of sp³-hybridized carbons (Fsp3) is 0.500. The molecule has 2 aromatic rings. The number of fused-ring (bicyclic) bond motifs is 2. The van der Waals surface area contributed by atoms with Gasteiger partial charge in [0.1, 0.15) is 5.01 Å². The average molecular weight is 342 g/mol. The zero-order valence-corrected chi connectivity index (χ0v) is 14.9. The number of benzene rings is 1. The van der Waals surface area contributed by atoms with Crippen molar-refractivity contribution in [2.75, 3.05) is 11.9 Å². The SMILES string of the molecule is Cc1nnc(N2C3CCC2CC(N(C)C(=O)c2ccccc2)C3)s1. The summed E-state index contributed by atoms with van der Waals surface area (Å²) in [6.07, 6.45) is 4.41. The predicted octanol–water partition coefficient (Wildman–Crippen LogP) is 3.12. The molecule has 2 aliphatic heterocycles. The molecule has 1 aromatic carbocycles. The number of anilines is 1. The van der Waals surface area contributed by atoms with Crippen molar-refractivity contribution in [3.63, 3.8) is 0 Å². The maximum absolute atomic E-state index is 12.7. The minimum Gasteiger partial charge on any atom is -0.341 e. The third-order valence-electron chi connectivity index (χ3n) is 5.33. The number of nitrogens with zero attached hydrogens (tertiary/aromatic N) is 4. The van der Waals surface area contributed by atoms with Crippen molar-refractivity contribution >= 4 is 22.4 Å². The first kappa shape index (κ1) is 15.6. The minimum absolute atomic E-state index is 0.125. The van der Waals surface area contributed by atoms with E-state index in [1.807, 2.05) is 49.2 Å². The van der Waals surface area contributed by atoms with Gasteiger partial charge in [-0.1, -0.05) is 29.5 Å². The van der Waals surface area contributed by atoms with Gasteiger partial charge in [0.05, 0.1) is 0 Å². The van der Waals surface area contributed by atoms with Crippen LogP contribution in [0.15, 0.2) is 30.3 Å². The fourth-order valence-corrected chi connectivity index (χ4v) is 4.95. The average Bonchev–Trinajstić information content (AvgIpc) is 3.14. The number of carbonyl (C=O) groups excluding carboxylic acids is 1. The van der Waals surface area contributed by atoms with Crippen LogP contribution in [0.1, 0.15) is 41.0 Å². The van der Waals surface area contributed by atoms with Gasteiger partial charge in [-0.3, -0.25) is 4.79 Å². The van der Waals surface area contributed by atoms with E-state index in [4.69, 9.17) is 0 Å². The number of rotatable bonds is 3. The van der Waals surface area contributed by atoms with Crippen LogP contribution in [0.5, 0.6) is 0 Å². The lowest BCUT2D eigenvalue weighted by Gasteiger charge is -2.42. The normalized spacial score (nSPS) is 25.8. The van der Waals surface area contributed by atoms with Crippen molar-refractivity contribution in [2.24, 2.45) is 0 Å². The van der Waals surface area contributed by atoms with Gasteiger partial charge in [0.15, 0.2) is 0 Å². The molecule has 0 saturated carbocycles. The van der Waals surface area contributed by atoms with Crippen molar-refractivity contribution in [3.05, 3.63) is 40.9 Å². The predicted molar refractivity (Wildman–Crippen MR) is 95.5 cm³/mol. The molecule has 2 aliphatic rings. The molecule has 3 heterocycles. The zero-order chi connectivity index (χ0) is 16.7. The Labute approximate surface area is 146 Å². The molecule has 0 N–H and O–H groups in total. The van der Waals surface area contributed by atoms with Crippen LogP contribution >= 0.6 is 11.3 Å². The van der Waals surface area contributed by atoms with Gasteiger partial charge in [-0.15, -0.1) is 10.2 Å². The standard InChI is InChI=1S/C18H22N4OS/c1-12-19-20-18(24-12)22-14-8-9-15(22)11-16(10-14)21(2)17(23)13-6-4-3-5-7-13/h3-7,14-16H,8-11H2,1-2H3. The van der Waals surface area contributed by atoms with E-state index < -0.39 is 0 Å². The highest BCUT2D eigenvalue weighted by molar-refractivity contribution is 7.15. The molecule has 2 fully saturated rings. The van der Waals surface area contributed by atoms with E-state index in [-0.39, 0.29) is 5.91 Å². The summed E-state index contributed by atoms with van der Waals surface area (Å²) in [7, 11) is 1.95. The molecule has 126 valence electrons. The minimum atomic E-state index is 0.125. The molecular weight excluding hydrogens is 320 g/mol. The van der Waals surface area contributed by atoms with Crippen LogP contribution in [-0.2, 0) is 0 Å². The number of hydrogen-bond donors (Lipinski definition) is 0. The first-order valence-electron chi connectivity index (χ1n) is 8.54. The van der Waals surface area contributed by atoms with Gasteiger partial charge in [0.25, 0.3) is 5.91 Å². The first-order chi connectivity index (χ1) is 11.6. The van der Waals surface area contributed by atoms with E-state index in [0.29, 0.717) is 18.1 Å². The lowest BCUT2D eigenvalue weighted by Crippen LogP contribution is -2.51. The number of carbonyl (C=O) groups is 1. The van der Waals surface area contributed by atoms with Crippen molar-refractivity contribution in [1.29, 1.82) is 0 Å². The molecule has 4 rings (SSSR count). The molecule has 2 bridgehead atoms. The maximum Gasteiger partial charge on any atom is 0.253 e. The summed E-state index contributed by atoms with van der Waals surface area (Å²) in [6.45, 7) is 2.00. The quantitative estimate of drug-likeness (QED) is 0.860. The third kappa shape index (κ3) is 2.69. The highest BCUT2D eigenvalue weighted by Crippen LogP contribution is 2.41. The van der Waals surface area contributed by atoms with Gasteiger partial charge >= 0.3 is 0 Å². The molecular formula is C18H22N4OS. The van der Waals surface area contributed by atoms with Crippen molar-refractivity contribution in [1.82, 2.24) is 15.1 Å². The van der Waals surface area contributed by atoms with E-state index in [2.05, 4.69) is 15.1 Å². The van der Waals surface area contributed by atoms with Crippen LogP contribution in [-0.4, -0.2) is 46.2 Å². The summed E-state index contributed by atoms with van der Waals surface area (Å²) < 4.78 is 0. The largest absolute Gasteiger partial charge is 0.341 e. The summed E-state index contributed by atoms with van der Waals surface area (Å²) in [5.74, 6) is 0.125. The Hall–Kier alpha value is -1.95. The Morgan fingerprint density at radius 3 is 2.42 bits per heavy atom. The Morgan fingerprint density at radius 2 is 1.83 bits per heavy atom. The Balaban J connectivity index is 1.49. The number of aromatic nitrogens is 2. The summed E-state index contributed by atoms with van der Waals surface area (Å²) in [5, 5.41) is 10.6. The summed E-state index contributed by atoms with van der Waals surface area (Å²) in [5.41, 5.74) is 0.773. The second-order valence-electron chi connectivity index (χ2n) is 6.80. The van der Waals surface area contributed by atoms with E-state index in [1.165, 1.54) is 12.8 Å². The molecule has 0 radical (unpaired) electrons. The van der Waals surface area contributed by atoms with Crippen molar-refractivity contribution in [3.8, 4) is 0 Å². The highest BCUT2D eigenvalue weighted by atomic mass is 32.1. The maximum atomic E-state index is 12.7. The van der Waals surface area contributed by atoms with Crippen LogP contribution in [0, 0.1) is 6.92 Å². The Morgan fingerprint density at radius 1 is 1.17 bits per heavy atom. The van der Waals surface area contributed by atoms with Gasteiger partial charge in [0, 0.05) is 30.7 Å². The zero-order valence-electron chi connectivity index (χ0n) is 14.1. The van der Waals surface area contributed by atoms with E-state index >= 15 is 0 Å². The van der Waals surface area contributed by atoms with Gasteiger partial charge in [-0.05, 0) is 44.7 Å². The van der Waals surface area contributed by atoms with Crippen LogP contribution in [0.25, 0.3) is 0 Å². The molecule has 6 heteroatoms. The molecule has 1 aromatic heterocycles. The van der Waals surface area contributed by atoms with Crippen molar-refractivity contribution in [2.45, 2.75) is 50.7 Å². The molecule has 2 unspecified atom stereocenters. The molecule has 24 heavy (non-hydrogen) atoms. The second-order valence-corrected chi connectivity index (χ2v) is 7.96. The molecule has 0 aliphatic carbocycles. The van der Waals surface area contributed by atoms with Gasteiger partial charge in [0.2, 0.25) is 5.13 Å². The van der Waals surface area contributed by atoms with Gasteiger partial charge in [-0.25, -0.2) is 0 Å². The topological polar surface area (TPSA) is 49.3 Å². The van der Waals surface area contributed by atoms with E-state index in [1.54, 1.807) is 11.3 Å². The highest BCUT2D eigenvalue weighted by Gasteiger charge is 2.44.